The fraction of sp³-hybridized carbons (Fsp3) is 0.667. The molecule has 1 aliphatic heterocycles. The summed E-state index contributed by atoms with van der Waals surface area (Å²) in [6.45, 7) is 3.25. The maximum atomic E-state index is 13.6. The molecular formula is C18H24ClF3N2. The molecule has 2 aliphatic rings. The number of halogens is 4. The molecule has 24 heavy (non-hydrogen) atoms. The molecule has 1 heterocycles. The Balaban J connectivity index is 2.01. The Morgan fingerprint density at radius 3 is 2.38 bits per heavy atom. The third kappa shape index (κ3) is 4.06. The molecule has 2 fully saturated rings. The Kier molecular flexibility index (Phi) is 5.73. The van der Waals surface area contributed by atoms with Crippen molar-refractivity contribution in [2.75, 3.05) is 26.2 Å². The van der Waals surface area contributed by atoms with Gasteiger partial charge < -0.3 is 5.32 Å². The number of rotatable bonds is 3. The van der Waals surface area contributed by atoms with E-state index in [-0.39, 0.29) is 11.1 Å². The zero-order valence-electron chi connectivity index (χ0n) is 13.7. The summed E-state index contributed by atoms with van der Waals surface area (Å²) in [6.07, 6.45) is 1.06. The van der Waals surface area contributed by atoms with Gasteiger partial charge in [-0.2, -0.15) is 13.2 Å². The second-order valence-corrected chi connectivity index (χ2v) is 7.29. The Morgan fingerprint density at radius 2 is 1.75 bits per heavy atom. The van der Waals surface area contributed by atoms with Crippen LogP contribution in [0.15, 0.2) is 18.2 Å². The summed E-state index contributed by atoms with van der Waals surface area (Å²) in [4.78, 5) is 2.24. The molecule has 0 spiro atoms. The number of benzene rings is 1. The summed E-state index contributed by atoms with van der Waals surface area (Å²) in [6, 6.07) is 4.13. The van der Waals surface area contributed by atoms with E-state index >= 15 is 0 Å². The highest BCUT2D eigenvalue weighted by Crippen LogP contribution is 2.44. The van der Waals surface area contributed by atoms with Crippen molar-refractivity contribution >= 4 is 11.6 Å². The predicted molar refractivity (Wildman–Crippen MR) is 90.2 cm³/mol. The first-order valence-electron chi connectivity index (χ1n) is 8.78. The number of alkyl halides is 3. The number of hydrogen-bond donors (Lipinski definition) is 1. The largest absolute Gasteiger partial charge is 0.416 e. The molecule has 1 N–H and O–H groups in total. The lowest BCUT2D eigenvalue weighted by Crippen LogP contribution is -2.47. The molecule has 0 amide bonds. The van der Waals surface area contributed by atoms with E-state index in [0.29, 0.717) is 11.5 Å². The van der Waals surface area contributed by atoms with Gasteiger partial charge in [0.1, 0.15) is 0 Å². The topological polar surface area (TPSA) is 15.3 Å². The molecule has 1 aromatic rings. The van der Waals surface area contributed by atoms with Gasteiger partial charge in [-0.1, -0.05) is 36.9 Å². The van der Waals surface area contributed by atoms with Gasteiger partial charge in [0, 0.05) is 37.2 Å². The van der Waals surface area contributed by atoms with E-state index in [2.05, 4.69) is 10.2 Å². The SMILES string of the molecule is FC(F)(F)c1cc(Cl)ccc1[C@H](C1CCCCC1)N1CCNCC1. The minimum atomic E-state index is -4.37. The molecule has 0 unspecified atom stereocenters. The first kappa shape index (κ1) is 18.0. The summed E-state index contributed by atoms with van der Waals surface area (Å²) >= 11 is 5.88. The van der Waals surface area contributed by atoms with Crippen molar-refractivity contribution in [1.29, 1.82) is 0 Å². The molecule has 0 bridgehead atoms. The maximum Gasteiger partial charge on any atom is 0.416 e. The van der Waals surface area contributed by atoms with Gasteiger partial charge in [-0.15, -0.1) is 0 Å². The number of piperazine rings is 1. The summed E-state index contributed by atoms with van der Waals surface area (Å²) in [5, 5.41) is 3.44. The molecule has 3 rings (SSSR count). The van der Waals surface area contributed by atoms with E-state index in [4.69, 9.17) is 11.6 Å². The van der Waals surface area contributed by atoms with Gasteiger partial charge in [-0.25, -0.2) is 0 Å². The first-order chi connectivity index (χ1) is 11.5. The van der Waals surface area contributed by atoms with Crippen LogP contribution in [0.1, 0.15) is 49.3 Å². The van der Waals surface area contributed by atoms with Crippen LogP contribution in [0.2, 0.25) is 5.02 Å². The van der Waals surface area contributed by atoms with Crippen LogP contribution >= 0.6 is 11.6 Å². The van der Waals surface area contributed by atoms with Crippen LogP contribution in [0.3, 0.4) is 0 Å². The van der Waals surface area contributed by atoms with Crippen molar-refractivity contribution < 1.29 is 13.2 Å². The summed E-state index contributed by atoms with van der Waals surface area (Å²) in [5.41, 5.74) is -0.162. The van der Waals surface area contributed by atoms with Crippen LogP contribution in [-0.4, -0.2) is 31.1 Å². The molecule has 0 radical (unpaired) electrons. The highest BCUT2D eigenvalue weighted by atomic mass is 35.5. The van der Waals surface area contributed by atoms with Crippen LogP contribution in [-0.2, 0) is 6.18 Å². The number of nitrogens with zero attached hydrogens (tertiary/aromatic N) is 1. The third-order valence-corrected chi connectivity index (χ3v) is 5.52. The van der Waals surface area contributed by atoms with Gasteiger partial charge in [-0.05, 0) is 36.5 Å². The van der Waals surface area contributed by atoms with E-state index in [1.165, 1.54) is 6.42 Å². The Bertz CT molecular complexity index is 532. The van der Waals surface area contributed by atoms with E-state index in [1.807, 2.05) is 0 Å². The van der Waals surface area contributed by atoms with Gasteiger partial charge in [0.15, 0.2) is 0 Å². The monoisotopic (exact) mass is 360 g/mol. The number of hydrogen-bond acceptors (Lipinski definition) is 2. The Labute approximate surface area is 146 Å². The van der Waals surface area contributed by atoms with E-state index < -0.39 is 11.7 Å². The highest BCUT2D eigenvalue weighted by Gasteiger charge is 2.39. The van der Waals surface area contributed by atoms with Gasteiger partial charge in [0.25, 0.3) is 0 Å². The van der Waals surface area contributed by atoms with Crippen LogP contribution in [0, 0.1) is 5.92 Å². The summed E-state index contributed by atoms with van der Waals surface area (Å²) in [7, 11) is 0. The van der Waals surface area contributed by atoms with Crippen molar-refractivity contribution in [3.05, 3.63) is 34.3 Å². The van der Waals surface area contributed by atoms with Crippen molar-refractivity contribution in [2.45, 2.75) is 44.3 Å². The van der Waals surface area contributed by atoms with Crippen molar-refractivity contribution in [2.24, 2.45) is 5.92 Å². The quantitative estimate of drug-likeness (QED) is 0.826. The molecule has 1 saturated heterocycles. The first-order valence-corrected chi connectivity index (χ1v) is 9.16. The highest BCUT2D eigenvalue weighted by molar-refractivity contribution is 6.30. The summed E-state index contributed by atoms with van der Waals surface area (Å²) in [5.74, 6) is 0.291. The Morgan fingerprint density at radius 1 is 1.08 bits per heavy atom. The normalized spacial score (nSPS) is 22.5. The standard InChI is InChI=1S/C18H24ClF3N2/c19-14-6-7-15(16(12-14)18(20,21)22)17(13-4-2-1-3-5-13)24-10-8-23-9-11-24/h6-7,12-13,17,23H,1-5,8-11H2/t17-/m0/s1. The van der Waals surface area contributed by atoms with Crippen LogP contribution in [0.5, 0.6) is 0 Å². The number of nitrogens with one attached hydrogen (secondary N) is 1. The fourth-order valence-corrected chi connectivity index (χ4v) is 4.36. The zero-order chi connectivity index (χ0) is 17.2. The molecule has 1 aromatic carbocycles. The molecule has 1 aliphatic carbocycles. The average molecular weight is 361 g/mol. The van der Waals surface area contributed by atoms with Crippen LogP contribution in [0.25, 0.3) is 0 Å². The summed E-state index contributed by atoms with van der Waals surface area (Å²) < 4.78 is 40.9. The molecule has 1 atom stereocenters. The zero-order valence-corrected chi connectivity index (χ0v) is 14.5. The smallest absolute Gasteiger partial charge is 0.314 e. The van der Waals surface area contributed by atoms with Crippen LogP contribution in [0.4, 0.5) is 13.2 Å². The van der Waals surface area contributed by atoms with E-state index in [1.54, 1.807) is 12.1 Å². The average Bonchev–Trinajstić information content (AvgIpc) is 2.57. The van der Waals surface area contributed by atoms with Crippen molar-refractivity contribution in [3.63, 3.8) is 0 Å². The van der Waals surface area contributed by atoms with Crippen molar-refractivity contribution in [1.82, 2.24) is 10.2 Å². The minimum Gasteiger partial charge on any atom is -0.314 e. The molecule has 0 aromatic heterocycles. The van der Waals surface area contributed by atoms with Crippen molar-refractivity contribution in [3.8, 4) is 0 Å². The van der Waals surface area contributed by atoms with Gasteiger partial charge >= 0.3 is 6.18 Å². The second-order valence-electron chi connectivity index (χ2n) is 6.86. The van der Waals surface area contributed by atoms with Gasteiger partial charge in [-0.3, -0.25) is 4.90 Å². The third-order valence-electron chi connectivity index (χ3n) is 5.28. The molecule has 2 nitrogen and oxygen atoms in total. The predicted octanol–water partition coefficient (Wildman–Crippen LogP) is 4.89. The maximum absolute atomic E-state index is 13.6. The lowest BCUT2D eigenvalue weighted by molar-refractivity contribution is -0.139. The van der Waals surface area contributed by atoms with E-state index in [9.17, 15) is 13.2 Å². The molecule has 1 saturated carbocycles. The fourth-order valence-electron chi connectivity index (χ4n) is 4.19. The van der Waals surface area contributed by atoms with E-state index in [0.717, 1.165) is 57.9 Å². The van der Waals surface area contributed by atoms with Gasteiger partial charge in [0.05, 0.1) is 5.56 Å². The second kappa shape index (κ2) is 7.63. The van der Waals surface area contributed by atoms with Crippen LogP contribution < -0.4 is 5.32 Å². The lowest BCUT2D eigenvalue weighted by Gasteiger charge is -2.42. The van der Waals surface area contributed by atoms with Gasteiger partial charge in [0.2, 0.25) is 0 Å². The minimum absolute atomic E-state index is 0.147. The lowest BCUT2D eigenvalue weighted by atomic mass is 9.79. The molecular weight excluding hydrogens is 337 g/mol. The molecule has 134 valence electrons. The Hall–Kier alpha value is -0.780. The molecule has 6 heteroatoms.